The maximum absolute atomic E-state index is 3.82. The first-order valence-corrected chi connectivity index (χ1v) is 19.3. The second kappa shape index (κ2) is 23.1. The molecule has 0 saturated heterocycles. The third kappa shape index (κ3) is 15.6. The van der Waals surface area contributed by atoms with Crippen LogP contribution >= 0.6 is 24.8 Å². The molecule has 0 nitrogen and oxygen atoms in total. The molecule has 0 fully saturated rings. The first-order valence-electron chi connectivity index (χ1n) is 17.6. The molecule has 2 aliphatic carbocycles. The Balaban J connectivity index is 0.000000667. The molecule has 0 aromatic heterocycles. The molecule has 6 rings (SSSR count). The predicted molar refractivity (Wildman–Crippen MR) is 232 cm³/mol. The van der Waals surface area contributed by atoms with Gasteiger partial charge in [0.2, 0.25) is 0 Å². The van der Waals surface area contributed by atoms with E-state index >= 15 is 0 Å². The molecule has 0 saturated carbocycles. The van der Waals surface area contributed by atoms with Crippen LogP contribution in [0.2, 0.25) is 0 Å². The summed E-state index contributed by atoms with van der Waals surface area (Å²) >= 11 is 1.30. The van der Waals surface area contributed by atoms with Crippen LogP contribution in [-0.2, 0) is 41.5 Å². The van der Waals surface area contributed by atoms with Crippen LogP contribution in [0.1, 0.15) is 109 Å². The number of hydrogen-bond acceptors (Lipinski definition) is 0. The third-order valence-electron chi connectivity index (χ3n) is 8.62. The van der Waals surface area contributed by atoms with Gasteiger partial charge in [0.15, 0.2) is 0 Å². The Morgan fingerprint density at radius 2 is 1.17 bits per heavy atom. The van der Waals surface area contributed by atoms with E-state index < -0.39 is 0 Å². The Kier molecular flexibility index (Phi) is 21.8. The third-order valence-corrected chi connectivity index (χ3v) is 8.62. The van der Waals surface area contributed by atoms with Crippen molar-refractivity contribution in [3.63, 3.8) is 0 Å². The maximum atomic E-state index is 3.82. The Morgan fingerprint density at radius 3 is 1.54 bits per heavy atom. The molecule has 2 aliphatic rings. The fourth-order valence-electron chi connectivity index (χ4n) is 5.35. The summed E-state index contributed by atoms with van der Waals surface area (Å²) in [6, 6.07) is 36.4. The predicted octanol–water partition coefficient (Wildman–Crippen LogP) is 14.1. The van der Waals surface area contributed by atoms with Gasteiger partial charge in [-0.1, -0.05) is 129 Å². The van der Waals surface area contributed by atoms with Crippen LogP contribution in [0.3, 0.4) is 0 Å². The Morgan fingerprint density at radius 1 is 0.692 bits per heavy atom. The van der Waals surface area contributed by atoms with Crippen LogP contribution in [-0.4, -0.2) is 4.21 Å². The van der Waals surface area contributed by atoms with Crippen LogP contribution in [0.25, 0.3) is 23.3 Å². The van der Waals surface area contributed by atoms with E-state index in [0.29, 0.717) is 11.3 Å². The quantitative estimate of drug-likeness (QED) is 0.159. The van der Waals surface area contributed by atoms with Gasteiger partial charge in [0, 0.05) is 0 Å². The van der Waals surface area contributed by atoms with Gasteiger partial charge in [-0.15, -0.1) is 48.6 Å². The number of halogens is 2. The van der Waals surface area contributed by atoms with E-state index in [-0.39, 0.29) is 35.6 Å². The molecule has 3 heteroatoms. The van der Waals surface area contributed by atoms with Gasteiger partial charge in [-0.05, 0) is 22.8 Å². The standard InChI is InChI=1S/C17H13.C11H17.2C10H13.CH2.2ClH.Zr/c1-3-12-5-7-14-11-15-8-6-13(4-2)10-17(15)16(14)9-12;1-5-9-6-7-10(8-9)11(2,3)4;2*1-10(2,3)9-7-5-4-6-8-9;;;;/h3-7,9-10H,1-2,11H2;7-9H,5H2,1-4H3;2*5-8H,1-3H3;1H2;2*1H;/q4*-1;;;;. The van der Waals surface area contributed by atoms with Crippen molar-refractivity contribution in [3.05, 3.63) is 167 Å². The number of fused-ring (bicyclic) bond motifs is 3. The molecular formula is C49H60Cl2Zr-4. The molecule has 0 N–H and O–H groups in total. The molecule has 4 aromatic carbocycles. The summed E-state index contributed by atoms with van der Waals surface area (Å²) in [5.41, 5.74) is 12.6. The zero-order valence-corrected chi connectivity index (χ0v) is 37.3. The second-order valence-corrected chi connectivity index (χ2v) is 15.6. The normalized spacial score (nSPS) is 13.4. The molecular weight excluding hydrogens is 751 g/mol. The Bertz CT molecular complexity index is 1600. The van der Waals surface area contributed by atoms with Crippen LogP contribution in [0, 0.1) is 35.6 Å². The van der Waals surface area contributed by atoms with E-state index in [0.717, 1.165) is 12.0 Å². The second-order valence-electron chi connectivity index (χ2n) is 15.6. The molecule has 4 aromatic rings. The summed E-state index contributed by atoms with van der Waals surface area (Å²) in [5.74, 6) is 0.573. The van der Waals surface area contributed by atoms with E-state index in [9.17, 15) is 0 Å². The van der Waals surface area contributed by atoms with Crippen molar-refractivity contribution < 1.29 is 24.2 Å². The van der Waals surface area contributed by atoms with E-state index in [4.69, 9.17) is 0 Å². The van der Waals surface area contributed by atoms with Crippen molar-refractivity contribution in [2.45, 2.75) is 92.9 Å². The minimum atomic E-state index is 0. The van der Waals surface area contributed by atoms with E-state index in [1.165, 1.54) is 75.2 Å². The van der Waals surface area contributed by atoms with Gasteiger partial charge in [-0.3, -0.25) is 6.08 Å². The monoisotopic (exact) mass is 808 g/mol. The summed E-state index contributed by atoms with van der Waals surface area (Å²) in [5, 5.41) is 0. The van der Waals surface area contributed by atoms with Crippen LogP contribution < -0.4 is 0 Å². The average molecular weight is 811 g/mol. The van der Waals surface area contributed by atoms with E-state index in [1.54, 1.807) is 0 Å². The van der Waals surface area contributed by atoms with E-state index in [1.807, 2.05) is 42.5 Å². The molecule has 0 amide bonds. The van der Waals surface area contributed by atoms with Gasteiger partial charge < -0.3 is 0 Å². The zero-order valence-electron chi connectivity index (χ0n) is 33.2. The topological polar surface area (TPSA) is 0 Å². The van der Waals surface area contributed by atoms with E-state index in [2.05, 4.69) is 172 Å². The first kappa shape index (κ1) is 49.2. The molecule has 1 atom stereocenters. The van der Waals surface area contributed by atoms with Gasteiger partial charge in [0.05, 0.1) is 0 Å². The molecule has 278 valence electrons. The Hall–Kier alpha value is -2.83. The van der Waals surface area contributed by atoms with Crippen molar-refractivity contribution in [2.75, 3.05) is 0 Å². The number of hydrogen-bond donors (Lipinski definition) is 0. The summed E-state index contributed by atoms with van der Waals surface area (Å²) in [6.45, 7) is 29.8. The Labute approximate surface area is 345 Å². The van der Waals surface area contributed by atoms with Crippen molar-refractivity contribution >= 4 is 41.2 Å². The van der Waals surface area contributed by atoms with Crippen molar-refractivity contribution in [2.24, 2.45) is 11.3 Å². The summed E-state index contributed by atoms with van der Waals surface area (Å²) < 4.78 is 3.34. The fraction of sp³-hybridized carbons (Fsp3) is 0.327. The number of benzene rings is 4. The first-order chi connectivity index (χ1) is 23.6. The van der Waals surface area contributed by atoms with Gasteiger partial charge in [0.1, 0.15) is 0 Å². The molecule has 0 radical (unpaired) electrons. The number of rotatable bonds is 3. The number of allylic oxidation sites excluding steroid dienone is 4. The van der Waals surface area contributed by atoms with Crippen LogP contribution in [0.15, 0.2) is 110 Å². The summed E-state index contributed by atoms with van der Waals surface area (Å²) in [7, 11) is 0. The fourth-order valence-corrected chi connectivity index (χ4v) is 5.35. The molecule has 0 bridgehead atoms. The molecule has 1 unspecified atom stereocenters. The zero-order chi connectivity index (χ0) is 37.5. The average Bonchev–Trinajstić information content (AvgIpc) is 3.75. The van der Waals surface area contributed by atoms with Crippen LogP contribution in [0.5, 0.6) is 0 Å². The SMILES string of the molecule is C=Cc1c[c-]c2c(c1)-c1cc(C=C)ccc1C2.CC(C)(C)c1cc[c-]cc1.CC(C)(C)c1cc[c-]cc1.CCC1[C-]=CC(C(C)(C)C)=C1.Cl.Cl.[CH2]=[Zr]. The van der Waals surface area contributed by atoms with Crippen molar-refractivity contribution in [1.82, 2.24) is 0 Å². The molecule has 52 heavy (non-hydrogen) atoms. The van der Waals surface area contributed by atoms with Crippen LogP contribution in [0.4, 0.5) is 0 Å². The minimum absolute atomic E-state index is 0. The summed E-state index contributed by atoms with van der Waals surface area (Å²) in [6.07, 6.45) is 13.7. The molecule has 0 heterocycles. The van der Waals surface area contributed by atoms with Gasteiger partial charge in [-0.25, -0.2) is 6.08 Å². The molecule has 0 aliphatic heterocycles. The van der Waals surface area contributed by atoms with Gasteiger partial charge in [0.25, 0.3) is 0 Å². The van der Waals surface area contributed by atoms with Gasteiger partial charge in [-0.2, -0.15) is 107 Å². The van der Waals surface area contributed by atoms with Crippen molar-refractivity contribution in [3.8, 4) is 11.1 Å². The van der Waals surface area contributed by atoms with Crippen molar-refractivity contribution in [1.29, 1.82) is 0 Å². The summed E-state index contributed by atoms with van der Waals surface area (Å²) in [4.78, 5) is 0. The van der Waals surface area contributed by atoms with Gasteiger partial charge >= 0.3 is 28.4 Å². The molecule has 0 spiro atoms.